The number of rotatable bonds is 6. The topological polar surface area (TPSA) is 104 Å². The van der Waals surface area contributed by atoms with Gasteiger partial charge in [0.05, 0.1) is 0 Å². The van der Waals surface area contributed by atoms with E-state index < -0.39 is 0 Å². The fourth-order valence-electron chi connectivity index (χ4n) is 3.04. The van der Waals surface area contributed by atoms with Crippen LogP contribution in [0.2, 0.25) is 5.02 Å². The van der Waals surface area contributed by atoms with Gasteiger partial charge in [0.15, 0.2) is 0 Å². The lowest BCUT2D eigenvalue weighted by molar-refractivity contribution is 0.262. The van der Waals surface area contributed by atoms with Gasteiger partial charge in [-0.3, -0.25) is 0 Å². The van der Waals surface area contributed by atoms with E-state index in [1.165, 1.54) is 0 Å². The first-order valence-electron chi connectivity index (χ1n) is 10.2. The van der Waals surface area contributed by atoms with Gasteiger partial charge in [-0.1, -0.05) is 11.6 Å². The van der Waals surface area contributed by atoms with Crippen LogP contribution in [0.15, 0.2) is 72.9 Å². The number of amides is 2. The van der Waals surface area contributed by atoms with Crippen molar-refractivity contribution in [2.24, 2.45) is 0 Å². The van der Waals surface area contributed by atoms with E-state index in [2.05, 4.69) is 36.2 Å². The first kappa shape index (κ1) is 22.0. The number of carbonyl (C=O) groups excluding carboxylic acids is 1. The maximum absolute atomic E-state index is 12.2. The minimum atomic E-state index is -0.343. The number of aryl methyl sites for hydroxylation is 2. The van der Waals surface area contributed by atoms with Crippen molar-refractivity contribution in [3.8, 4) is 0 Å². The van der Waals surface area contributed by atoms with Crippen LogP contribution in [0.1, 0.15) is 11.4 Å². The molecule has 0 aliphatic carbocycles. The molecule has 0 saturated heterocycles. The molecule has 2 amide bonds. The lowest BCUT2D eigenvalue weighted by Gasteiger charge is -2.11. The third kappa shape index (κ3) is 6.41. The summed E-state index contributed by atoms with van der Waals surface area (Å²) in [6.45, 7) is 3.83. The van der Waals surface area contributed by atoms with Crippen molar-refractivity contribution in [3.05, 3.63) is 89.3 Å². The molecular weight excluding hydrogens is 438 g/mol. The Morgan fingerprint density at radius 2 is 1.30 bits per heavy atom. The molecule has 0 atom stereocenters. The lowest BCUT2D eigenvalue weighted by Crippen LogP contribution is -2.19. The maximum Gasteiger partial charge on any atom is 0.323 e. The maximum atomic E-state index is 12.2. The fraction of sp³-hybridized carbons (Fsp3) is 0.0833. The number of carbonyl (C=O) groups is 1. The third-order valence-corrected chi connectivity index (χ3v) is 4.78. The molecule has 4 rings (SSSR count). The van der Waals surface area contributed by atoms with Gasteiger partial charge < -0.3 is 21.3 Å². The van der Waals surface area contributed by atoms with Gasteiger partial charge in [-0.25, -0.2) is 19.7 Å². The second kappa shape index (κ2) is 9.97. The quantitative estimate of drug-likeness (QED) is 0.271. The molecule has 0 bridgehead atoms. The van der Waals surface area contributed by atoms with E-state index in [1.54, 1.807) is 42.6 Å². The predicted molar refractivity (Wildman–Crippen MR) is 133 cm³/mol. The fourth-order valence-corrected chi connectivity index (χ4v) is 3.17. The van der Waals surface area contributed by atoms with Crippen LogP contribution in [0.4, 0.5) is 39.3 Å². The average molecular weight is 460 g/mol. The van der Waals surface area contributed by atoms with Crippen molar-refractivity contribution in [1.29, 1.82) is 0 Å². The highest BCUT2D eigenvalue weighted by molar-refractivity contribution is 6.30. The molecule has 33 heavy (non-hydrogen) atoms. The van der Waals surface area contributed by atoms with Crippen LogP contribution in [0.5, 0.6) is 0 Å². The molecule has 166 valence electrons. The molecule has 0 fully saturated rings. The summed E-state index contributed by atoms with van der Waals surface area (Å²) < 4.78 is 0. The molecule has 8 nitrogen and oxygen atoms in total. The summed E-state index contributed by atoms with van der Waals surface area (Å²) >= 11 is 5.86. The van der Waals surface area contributed by atoms with Gasteiger partial charge >= 0.3 is 6.03 Å². The second-order valence-corrected chi connectivity index (χ2v) is 7.75. The Morgan fingerprint density at radius 3 is 1.94 bits per heavy atom. The third-order valence-electron chi connectivity index (χ3n) is 4.53. The van der Waals surface area contributed by atoms with Crippen molar-refractivity contribution in [3.63, 3.8) is 0 Å². The number of benzene rings is 2. The molecule has 0 unspecified atom stereocenters. The molecular formula is C24H22ClN7O. The van der Waals surface area contributed by atoms with E-state index in [0.29, 0.717) is 39.7 Å². The van der Waals surface area contributed by atoms with Crippen LogP contribution < -0.4 is 21.3 Å². The Kier molecular flexibility index (Phi) is 6.66. The second-order valence-electron chi connectivity index (χ2n) is 7.32. The van der Waals surface area contributed by atoms with Crippen molar-refractivity contribution in [1.82, 2.24) is 15.0 Å². The summed E-state index contributed by atoms with van der Waals surface area (Å²) in [6, 6.07) is 19.5. The predicted octanol–water partition coefficient (Wildman–Crippen LogP) is 6.27. The van der Waals surface area contributed by atoms with Crippen LogP contribution in [0, 0.1) is 13.8 Å². The van der Waals surface area contributed by atoms with Crippen molar-refractivity contribution >= 4 is 52.1 Å². The van der Waals surface area contributed by atoms with Crippen molar-refractivity contribution < 1.29 is 4.79 Å². The molecule has 4 N–H and O–H groups in total. The van der Waals surface area contributed by atoms with Gasteiger partial charge in [0.2, 0.25) is 0 Å². The van der Waals surface area contributed by atoms with E-state index in [-0.39, 0.29) is 6.03 Å². The largest absolute Gasteiger partial charge is 0.340 e. The van der Waals surface area contributed by atoms with Gasteiger partial charge in [-0.2, -0.15) is 0 Å². The molecule has 0 spiro atoms. The summed E-state index contributed by atoms with van der Waals surface area (Å²) in [6.07, 6.45) is 1.75. The zero-order valence-electron chi connectivity index (χ0n) is 18.1. The zero-order chi connectivity index (χ0) is 23.2. The van der Waals surface area contributed by atoms with Gasteiger partial charge in [-0.15, -0.1) is 0 Å². The summed E-state index contributed by atoms with van der Waals surface area (Å²) in [4.78, 5) is 25.4. The van der Waals surface area contributed by atoms with Gasteiger partial charge in [-0.05, 0) is 80.1 Å². The van der Waals surface area contributed by atoms with Crippen LogP contribution >= 0.6 is 11.6 Å². The van der Waals surface area contributed by atoms with E-state index in [1.807, 2.05) is 44.2 Å². The average Bonchev–Trinajstić information content (AvgIpc) is 2.76. The summed E-state index contributed by atoms with van der Waals surface area (Å²) in [5.41, 5.74) is 3.22. The Balaban J connectivity index is 1.38. The zero-order valence-corrected chi connectivity index (χ0v) is 18.8. The summed E-state index contributed by atoms with van der Waals surface area (Å²) in [5, 5.41) is 12.6. The number of aromatic nitrogens is 3. The van der Waals surface area contributed by atoms with Gasteiger partial charge in [0.25, 0.3) is 0 Å². The highest BCUT2D eigenvalue weighted by Crippen LogP contribution is 2.22. The van der Waals surface area contributed by atoms with Crippen LogP contribution in [-0.4, -0.2) is 21.0 Å². The van der Waals surface area contributed by atoms with Gasteiger partial charge in [0, 0.05) is 34.3 Å². The molecule has 0 radical (unpaired) electrons. The molecule has 4 aromatic rings. The number of pyridine rings is 1. The number of hydrogen-bond donors (Lipinski definition) is 4. The number of halogens is 1. The van der Waals surface area contributed by atoms with Crippen LogP contribution in [-0.2, 0) is 0 Å². The van der Waals surface area contributed by atoms with Gasteiger partial charge in [0.1, 0.15) is 23.3 Å². The van der Waals surface area contributed by atoms with E-state index in [0.717, 1.165) is 11.3 Å². The Morgan fingerprint density at radius 1 is 0.727 bits per heavy atom. The molecule has 2 aromatic carbocycles. The molecule has 2 heterocycles. The number of anilines is 6. The Hall–Kier alpha value is -4.17. The normalized spacial score (nSPS) is 10.4. The highest BCUT2D eigenvalue weighted by atomic mass is 35.5. The summed E-state index contributed by atoms with van der Waals surface area (Å²) in [5.74, 6) is 2.61. The standard InChI is InChI=1S/C24H22ClN7O/c1-15-11-12-26-21(13-15)32-23-14-22(27-16(2)28-23)29-18-7-9-20(10-8-18)31-24(33)30-19-5-3-17(25)4-6-19/h3-14H,1-2H3,(H2,30,31,33)(H2,26,27,28,29,32). The SMILES string of the molecule is Cc1ccnc(Nc2cc(Nc3ccc(NC(=O)Nc4ccc(Cl)cc4)cc3)nc(C)n2)c1. The van der Waals surface area contributed by atoms with Crippen LogP contribution in [0.3, 0.4) is 0 Å². The Bertz CT molecular complexity index is 1260. The molecule has 2 aromatic heterocycles. The number of urea groups is 1. The van der Waals surface area contributed by atoms with Crippen molar-refractivity contribution in [2.75, 3.05) is 21.3 Å². The Labute approximate surface area is 196 Å². The smallest absolute Gasteiger partial charge is 0.323 e. The van der Waals surface area contributed by atoms with Crippen LogP contribution in [0.25, 0.3) is 0 Å². The number of hydrogen-bond acceptors (Lipinski definition) is 6. The molecule has 9 heteroatoms. The lowest BCUT2D eigenvalue weighted by atomic mass is 10.2. The molecule has 0 saturated carbocycles. The highest BCUT2D eigenvalue weighted by Gasteiger charge is 2.06. The van der Waals surface area contributed by atoms with E-state index in [9.17, 15) is 4.79 Å². The summed E-state index contributed by atoms with van der Waals surface area (Å²) in [7, 11) is 0. The first-order valence-corrected chi connectivity index (χ1v) is 10.6. The number of nitrogens with one attached hydrogen (secondary N) is 4. The first-order chi connectivity index (χ1) is 15.9. The monoisotopic (exact) mass is 459 g/mol. The number of nitrogens with zero attached hydrogens (tertiary/aromatic N) is 3. The minimum Gasteiger partial charge on any atom is -0.340 e. The minimum absolute atomic E-state index is 0.343. The van der Waals surface area contributed by atoms with Crippen molar-refractivity contribution in [2.45, 2.75) is 13.8 Å². The van der Waals surface area contributed by atoms with E-state index in [4.69, 9.17) is 11.6 Å². The van der Waals surface area contributed by atoms with E-state index >= 15 is 0 Å². The molecule has 0 aliphatic heterocycles. The molecule has 0 aliphatic rings.